The predicted octanol–water partition coefficient (Wildman–Crippen LogP) is 2.46. The summed E-state index contributed by atoms with van der Waals surface area (Å²) in [5, 5.41) is 11.2. The SMILES string of the molecule is Cc1nc(N2C[C@@H](O)[C@H](N3CCN(C(=O)c4ccc(Cl)cc4)CC3)C2)cc(C(F)(F)F)n1. The second-order valence-electron chi connectivity index (χ2n) is 8.03. The summed E-state index contributed by atoms with van der Waals surface area (Å²) in [6.45, 7) is 4.06. The summed E-state index contributed by atoms with van der Waals surface area (Å²) < 4.78 is 39.4. The monoisotopic (exact) mass is 469 g/mol. The molecule has 1 aromatic carbocycles. The highest BCUT2D eigenvalue weighted by atomic mass is 35.5. The van der Waals surface area contributed by atoms with Crippen LogP contribution in [0.5, 0.6) is 0 Å². The van der Waals surface area contributed by atoms with Crippen molar-refractivity contribution < 1.29 is 23.1 Å². The number of carbonyl (C=O) groups excluding carboxylic acids is 1. The first-order valence-electron chi connectivity index (χ1n) is 10.3. The lowest BCUT2D eigenvalue weighted by Gasteiger charge is -2.38. The van der Waals surface area contributed by atoms with E-state index in [9.17, 15) is 23.1 Å². The Balaban J connectivity index is 1.39. The van der Waals surface area contributed by atoms with Crippen molar-refractivity contribution in [1.82, 2.24) is 19.8 Å². The van der Waals surface area contributed by atoms with E-state index in [4.69, 9.17) is 11.6 Å². The Bertz CT molecular complexity index is 980. The molecule has 0 bridgehead atoms. The van der Waals surface area contributed by atoms with Gasteiger partial charge in [-0.25, -0.2) is 9.97 Å². The van der Waals surface area contributed by atoms with E-state index < -0.39 is 18.0 Å². The molecule has 0 unspecified atom stereocenters. The van der Waals surface area contributed by atoms with Gasteiger partial charge in [0.2, 0.25) is 0 Å². The molecule has 2 atom stereocenters. The molecule has 1 N–H and O–H groups in total. The predicted molar refractivity (Wildman–Crippen MR) is 113 cm³/mol. The number of hydrogen-bond donors (Lipinski definition) is 1. The van der Waals surface area contributed by atoms with Crippen molar-refractivity contribution >= 4 is 23.3 Å². The van der Waals surface area contributed by atoms with E-state index in [1.807, 2.05) is 0 Å². The summed E-state index contributed by atoms with van der Waals surface area (Å²) in [4.78, 5) is 25.8. The van der Waals surface area contributed by atoms with Crippen LogP contribution < -0.4 is 4.90 Å². The molecule has 2 fully saturated rings. The lowest BCUT2D eigenvalue weighted by atomic mass is 10.1. The number of anilines is 1. The highest BCUT2D eigenvalue weighted by molar-refractivity contribution is 6.30. The number of rotatable bonds is 3. The Labute approximate surface area is 188 Å². The highest BCUT2D eigenvalue weighted by Gasteiger charge is 2.39. The average Bonchev–Trinajstić information content (AvgIpc) is 3.14. The first kappa shape index (κ1) is 22.8. The van der Waals surface area contributed by atoms with Crippen LogP contribution in [0.2, 0.25) is 5.02 Å². The molecule has 1 aromatic heterocycles. The number of hydrogen-bond acceptors (Lipinski definition) is 6. The lowest BCUT2D eigenvalue weighted by Crippen LogP contribution is -2.54. The quantitative estimate of drug-likeness (QED) is 0.744. The number of carbonyl (C=O) groups is 1. The fourth-order valence-corrected chi connectivity index (χ4v) is 4.33. The van der Waals surface area contributed by atoms with Crippen LogP contribution >= 0.6 is 11.6 Å². The highest BCUT2D eigenvalue weighted by Crippen LogP contribution is 2.31. The lowest BCUT2D eigenvalue weighted by molar-refractivity contribution is -0.141. The minimum absolute atomic E-state index is 0.0297. The summed E-state index contributed by atoms with van der Waals surface area (Å²) in [5.41, 5.74) is -0.429. The van der Waals surface area contributed by atoms with Gasteiger partial charge in [-0.05, 0) is 31.2 Å². The van der Waals surface area contributed by atoms with Gasteiger partial charge < -0.3 is 14.9 Å². The molecule has 11 heteroatoms. The van der Waals surface area contributed by atoms with Crippen LogP contribution in [0.4, 0.5) is 19.0 Å². The molecule has 172 valence electrons. The van der Waals surface area contributed by atoms with Gasteiger partial charge >= 0.3 is 6.18 Å². The Kier molecular flexibility index (Phi) is 6.28. The smallest absolute Gasteiger partial charge is 0.390 e. The number of nitrogens with zero attached hydrogens (tertiary/aromatic N) is 5. The molecule has 2 aliphatic heterocycles. The summed E-state index contributed by atoms with van der Waals surface area (Å²) in [6, 6.07) is 7.39. The number of halogens is 4. The fourth-order valence-electron chi connectivity index (χ4n) is 4.21. The number of aryl methyl sites for hydroxylation is 1. The zero-order chi connectivity index (χ0) is 23.0. The Morgan fingerprint density at radius 1 is 1.09 bits per heavy atom. The maximum Gasteiger partial charge on any atom is 0.433 e. The standard InChI is InChI=1S/C21H23ClF3N5O2/c1-13-26-18(21(23,24)25)10-19(27-13)30-11-16(17(31)12-30)28-6-8-29(9-7-28)20(32)14-2-4-15(22)5-3-14/h2-5,10,16-17,31H,6-9,11-12H2,1H3/t16-,17-/m1/s1. The number of amides is 1. The van der Waals surface area contributed by atoms with Crippen LogP contribution in [-0.4, -0.2) is 82.2 Å². The van der Waals surface area contributed by atoms with Crippen molar-refractivity contribution in [3.05, 3.63) is 52.4 Å². The van der Waals surface area contributed by atoms with E-state index in [2.05, 4.69) is 14.9 Å². The first-order valence-corrected chi connectivity index (χ1v) is 10.6. The molecule has 2 saturated heterocycles. The Hall–Kier alpha value is -2.43. The zero-order valence-electron chi connectivity index (χ0n) is 17.4. The van der Waals surface area contributed by atoms with Crippen molar-refractivity contribution in [2.24, 2.45) is 0 Å². The maximum atomic E-state index is 13.1. The van der Waals surface area contributed by atoms with E-state index in [0.29, 0.717) is 43.3 Å². The van der Waals surface area contributed by atoms with Gasteiger partial charge in [0, 0.05) is 55.9 Å². The molecular weight excluding hydrogens is 447 g/mol. The van der Waals surface area contributed by atoms with Gasteiger partial charge in [-0.3, -0.25) is 9.69 Å². The van der Waals surface area contributed by atoms with Gasteiger partial charge in [-0.2, -0.15) is 13.2 Å². The molecule has 7 nitrogen and oxygen atoms in total. The van der Waals surface area contributed by atoms with Crippen LogP contribution in [0.3, 0.4) is 0 Å². The van der Waals surface area contributed by atoms with E-state index in [1.165, 1.54) is 6.92 Å². The van der Waals surface area contributed by atoms with Crippen LogP contribution in [0.1, 0.15) is 21.9 Å². The number of aromatic nitrogens is 2. The molecule has 0 saturated carbocycles. The molecule has 0 aliphatic carbocycles. The number of piperazine rings is 1. The summed E-state index contributed by atoms with van der Waals surface area (Å²) in [5.74, 6) is 0.107. The summed E-state index contributed by atoms with van der Waals surface area (Å²) in [7, 11) is 0. The summed E-state index contributed by atoms with van der Waals surface area (Å²) >= 11 is 5.88. The number of aliphatic hydroxyl groups excluding tert-OH is 1. The average molecular weight is 470 g/mol. The molecular formula is C21H23ClF3N5O2. The second kappa shape index (κ2) is 8.84. The van der Waals surface area contributed by atoms with E-state index in [0.717, 1.165) is 6.07 Å². The van der Waals surface area contributed by atoms with Gasteiger partial charge in [-0.1, -0.05) is 11.6 Å². The van der Waals surface area contributed by atoms with Gasteiger partial charge in [0.25, 0.3) is 5.91 Å². The van der Waals surface area contributed by atoms with E-state index >= 15 is 0 Å². The van der Waals surface area contributed by atoms with Gasteiger partial charge in [0.15, 0.2) is 0 Å². The fraction of sp³-hybridized carbons (Fsp3) is 0.476. The second-order valence-corrected chi connectivity index (χ2v) is 8.47. The molecule has 3 heterocycles. The van der Waals surface area contributed by atoms with Crippen molar-refractivity contribution in [2.75, 3.05) is 44.2 Å². The molecule has 0 radical (unpaired) electrons. The maximum absolute atomic E-state index is 13.1. The van der Waals surface area contributed by atoms with Crippen molar-refractivity contribution in [3.63, 3.8) is 0 Å². The summed E-state index contributed by atoms with van der Waals surface area (Å²) in [6.07, 6.45) is -5.30. The molecule has 2 aromatic rings. The molecule has 2 aliphatic rings. The molecule has 0 spiro atoms. The molecule has 1 amide bonds. The third-order valence-electron chi connectivity index (χ3n) is 5.86. The van der Waals surface area contributed by atoms with Crippen molar-refractivity contribution in [1.29, 1.82) is 0 Å². The number of benzene rings is 1. The number of β-amino-alcohol motifs (C(OH)–C–C–N with tert-alkyl or cyclic N) is 1. The van der Waals surface area contributed by atoms with Crippen LogP contribution in [-0.2, 0) is 6.18 Å². The largest absolute Gasteiger partial charge is 0.433 e. The van der Waals surface area contributed by atoms with Gasteiger partial charge in [-0.15, -0.1) is 0 Å². The minimum atomic E-state index is -4.56. The van der Waals surface area contributed by atoms with Crippen LogP contribution in [0, 0.1) is 6.92 Å². The van der Waals surface area contributed by atoms with Crippen LogP contribution in [0.15, 0.2) is 30.3 Å². The van der Waals surface area contributed by atoms with E-state index in [-0.39, 0.29) is 30.1 Å². The van der Waals surface area contributed by atoms with Crippen LogP contribution in [0.25, 0.3) is 0 Å². The third-order valence-corrected chi connectivity index (χ3v) is 6.11. The van der Waals surface area contributed by atoms with E-state index in [1.54, 1.807) is 34.1 Å². The zero-order valence-corrected chi connectivity index (χ0v) is 18.1. The first-order chi connectivity index (χ1) is 15.1. The van der Waals surface area contributed by atoms with Gasteiger partial charge in [0.05, 0.1) is 12.1 Å². The molecule has 32 heavy (non-hydrogen) atoms. The topological polar surface area (TPSA) is 72.8 Å². The normalized spacial score (nSPS) is 22.4. The minimum Gasteiger partial charge on any atom is -0.390 e. The van der Waals surface area contributed by atoms with Crippen molar-refractivity contribution in [2.45, 2.75) is 25.2 Å². The Morgan fingerprint density at radius 2 is 1.75 bits per heavy atom. The molecule has 4 rings (SSSR count). The van der Waals surface area contributed by atoms with Crippen molar-refractivity contribution in [3.8, 4) is 0 Å². The Morgan fingerprint density at radius 3 is 2.38 bits per heavy atom. The number of alkyl halides is 3. The third kappa shape index (κ3) is 4.82. The number of aliphatic hydroxyl groups is 1. The van der Waals surface area contributed by atoms with Gasteiger partial charge in [0.1, 0.15) is 17.3 Å².